The minimum absolute atomic E-state index is 0.489. The van der Waals surface area contributed by atoms with E-state index in [2.05, 4.69) is 10.2 Å². The van der Waals surface area contributed by atoms with Gasteiger partial charge in [-0.1, -0.05) is 0 Å². The number of nitrogens with one attached hydrogen (secondary N) is 1. The third-order valence-corrected chi connectivity index (χ3v) is 2.85. The van der Waals surface area contributed by atoms with E-state index in [0.717, 1.165) is 16.6 Å². The van der Waals surface area contributed by atoms with Gasteiger partial charge in [0.25, 0.3) is 0 Å². The Kier molecular flexibility index (Phi) is 2.77. The zero-order valence-electron chi connectivity index (χ0n) is 11.0. The summed E-state index contributed by atoms with van der Waals surface area (Å²) < 4.78 is 0. The van der Waals surface area contributed by atoms with Crippen LogP contribution < -0.4 is 4.90 Å². The summed E-state index contributed by atoms with van der Waals surface area (Å²) in [5, 5.41) is 17.3. The van der Waals surface area contributed by atoms with Gasteiger partial charge in [0.15, 0.2) is 0 Å². The molecule has 18 heavy (non-hydrogen) atoms. The number of carbonyl (C=O) groups is 1. The predicted molar refractivity (Wildman–Crippen MR) is 71.1 cm³/mol. The Hall–Kier alpha value is -2.04. The minimum Gasteiger partial charge on any atom is -0.465 e. The molecule has 1 amide bonds. The van der Waals surface area contributed by atoms with Crippen molar-refractivity contribution in [1.29, 1.82) is 0 Å². The van der Waals surface area contributed by atoms with Crippen molar-refractivity contribution in [3.63, 3.8) is 0 Å². The Bertz CT molecular complexity index is 596. The standard InChI is InChI=1S/C13H17N3O2/c1-8-10-7-9(5-6-11(10)15-14-8)16(12(17)18)13(2,3)4/h5-7H,1-4H3,(H,14,15)(H,17,18). The monoisotopic (exact) mass is 247 g/mol. The van der Waals surface area contributed by atoms with Crippen LogP contribution in [0.25, 0.3) is 10.9 Å². The molecule has 0 fully saturated rings. The van der Waals surface area contributed by atoms with Crippen molar-refractivity contribution < 1.29 is 9.90 Å². The number of anilines is 1. The number of aryl methyl sites for hydroxylation is 1. The van der Waals surface area contributed by atoms with E-state index in [1.165, 1.54) is 4.90 Å². The molecule has 0 spiro atoms. The molecule has 0 aliphatic carbocycles. The fourth-order valence-electron chi connectivity index (χ4n) is 2.05. The van der Waals surface area contributed by atoms with E-state index in [1.54, 1.807) is 6.07 Å². The topological polar surface area (TPSA) is 69.2 Å². The number of fused-ring (bicyclic) bond motifs is 1. The molecule has 1 heterocycles. The van der Waals surface area contributed by atoms with Crippen molar-refractivity contribution in [2.45, 2.75) is 33.2 Å². The molecule has 0 saturated carbocycles. The first-order valence-electron chi connectivity index (χ1n) is 5.78. The van der Waals surface area contributed by atoms with E-state index in [4.69, 9.17) is 0 Å². The number of aromatic nitrogens is 2. The summed E-state index contributed by atoms with van der Waals surface area (Å²) in [5.74, 6) is 0. The minimum atomic E-state index is -0.956. The Morgan fingerprint density at radius 2 is 2.06 bits per heavy atom. The molecular weight excluding hydrogens is 230 g/mol. The lowest BCUT2D eigenvalue weighted by Crippen LogP contribution is -2.45. The molecule has 96 valence electrons. The predicted octanol–water partition coefficient (Wildman–Crippen LogP) is 3.15. The molecule has 0 unspecified atom stereocenters. The summed E-state index contributed by atoms with van der Waals surface area (Å²) in [4.78, 5) is 12.8. The van der Waals surface area contributed by atoms with Crippen LogP contribution in [0.15, 0.2) is 18.2 Å². The second-order valence-electron chi connectivity index (χ2n) is 5.34. The van der Waals surface area contributed by atoms with Crippen molar-refractivity contribution in [1.82, 2.24) is 10.2 Å². The van der Waals surface area contributed by atoms with Crippen molar-refractivity contribution in [2.24, 2.45) is 0 Å². The normalized spacial score (nSPS) is 11.8. The summed E-state index contributed by atoms with van der Waals surface area (Å²) in [6.07, 6.45) is -0.956. The van der Waals surface area contributed by atoms with E-state index in [1.807, 2.05) is 39.8 Å². The Balaban J connectivity index is 2.58. The van der Waals surface area contributed by atoms with Crippen LogP contribution in [-0.4, -0.2) is 26.9 Å². The van der Waals surface area contributed by atoms with Crippen LogP contribution in [-0.2, 0) is 0 Å². The molecule has 0 atom stereocenters. The molecule has 1 aromatic carbocycles. The molecular formula is C13H17N3O2. The van der Waals surface area contributed by atoms with Crippen molar-refractivity contribution >= 4 is 22.7 Å². The van der Waals surface area contributed by atoms with Gasteiger partial charge in [-0.3, -0.25) is 10.00 Å². The zero-order valence-corrected chi connectivity index (χ0v) is 11.0. The number of hydrogen-bond acceptors (Lipinski definition) is 2. The molecule has 0 bridgehead atoms. The van der Waals surface area contributed by atoms with Gasteiger partial charge < -0.3 is 5.11 Å². The van der Waals surface area contributed by atoms with Crippen molar-refractivity contribution in [2.75, 3.05) is 4.90 Å². The van der Waals surface area contributed by atoms with Crippen LogP contribution in [0.3, 0.4) is 0 Å². The van der Waals surface area contributed by atoms with Crippen LogP contribution in [0.5, 0.6) is 0 Å². The van der Waals surface area contributed by atoms with E-state index >= 15 is 0 Å². The Labute approximate surface area is 105 Å². The lowest BCUT2D eigenvalue weighted by Gasteiger charge is -2.33. The number of aromatic amines is 1. The van der Waals surface area contributed by atoms with Crippen molar-refractivity contribution in [3.05, 3.63) is 23.9 Å². The number of benzene rings is 1. The summed E-state index contributed by atoms with van der Waals surface area (Å²) in [6, 6.07) is 5.46. The van der Waals surface area contributed by atoms with Gasteiger partial charge >= 0.3 is 6.09 Å². The highest BCUT2D eigenvalue weighted by Crippen LogP contribution is 2.28. The summed E-state index contributed by atoms with van der Waals surface area (Å²) in [6.45, 7) is 7.52. The second-order valence-corrected chi connectivity index (χ2v) is 5.34. The van der Waals surface area contributed by atoms with Gasteiger partial charge in [0.05, 0.1) is 5.52 Å². The van der Waals surface area contributed by atoms with Gasteiger partial charge in [0, 0.05) is 22.3 Å². The number of H-pyrrole nitrogens is 1. The summed E-state index contributed by atoms with van der Waals surface area (Å²) >= 11 is 0. The maximum Gasteiger partial charge on any atom is 0.412 e. The smallest absolute Gasteiger partial charge is 0.412 e. The highest BCUT2D eigenvalue weighted by Gasteiger charge is 2.28. The van der Waals surface area contributed by atoms with Crippen LogP contribution >= 0.6 is 0 Å². The molecule has 0 saturated heterocycles. The number of amides is 1. The molecule has 0 aliphatic rings. The van der Waals surface area contributed by atoms with Gasteiger partial charge in [0.1, 0.15) is 0 Å². The highest BCUT2D eigenvalue weighted by atomic mass is 16.4. The number of hydrogen-bond donors (Lipinski definition) is 2. The average molecular weight is 247 g/mol. The van der Waals surface area contributed by atoms with Gasteiger partial charge in [0.2, 0.25) is 0 Å². The highest BCUT2D eigenvalue weighted by molar-refractivity contribution is 5.92. The van der Waals surface area contributed by atoms with E-state index in [9.17, 15) is 9.90 Å². The number of rotatable bonds is 1. The molecule has 1 aromatic heterocycles. The van der Waals surface area contributed by atoms with E-state index in [-0.39, 0.29) is 0 Å². The lowest BCUT2D eigenvalue weighted by molar-refractivity contribution is 0.195. The quantitative estimate of drug-likeness (QED) is 0.813. The first-order valence-corrected chi connectivity index (χ1v) is 5.78. The van der Waals surface area contributed by atoms with Gasteiger partial charge in [-0.2, -0.15) is 5.10 Å². The van der Waals surface area contributed by atoms with E-state index in [0.29, 0.717) is 5.69 Å². The average Bonchev–Trinajstić information content (AvgIpc) is 2.58. The fourth-order valence-corrected chi connectivity index (χ4v) is 2.05. The first-order chi connectivity index (χ1) is 8.30. The molecule has 5 heteroatoms. The van der Waals surface area contributed by atoms with Crippen LogP contribution in [0.4, 0.5) is 10.5 Å². The second kappa shape index (κ2) is 4.01. The molecule has 5 nitrogen and oxygen atoms in total. The number of nitrogens with zero attached hydrogens (tertiary/aromatic N) is 2. The molecule has 2 rings (SSSR count). The van der Waals surface area contributed by atoms with E-state index < -0.39 is 11.6 Å². The molecule has 0 radical (unpaired) electrons. The number of carboxylic acid groups (broad SMARTS) is 1. The van der Waals surface area contributed by atoms with Gasteiger partial charge in [-0.15, -0.1) is 0 Å². The SMILES string of the molecule is Cc1[nH]nc2ccc(N(C(=O)O)C(C)(C)C)cc12. The maximum absolute atomic E-state index is 11.4. The lowest BCUT2D eigenvalue weighted by atomic mass is 10.0. The summed E-state index contributed by atoms with van der Waals surface area (Å²) in [5.41, 5.74) is 1.95. The van der Waals surface area contributed by atoms with Gasteiger partial charge in [-0.25, -0.2) is 4.79 Å². The van der Waals surface area contributed by atoms with Crippen LogP contribution in [0.2, 0.25) is 0 Å². The maximum atomic E-state index is 11.4. The third-order valence-electron chi connectivity index (χ3n) is 2.85. The Morgan fingerprint density at radius 3 is 2.61 bits per heavy atom. The molecule has 2 aromatic rings. The zero-order chi connectivity index (χ0) is 13.5. The Morgan fingerprint density at radius 1 is 1.39 bits per heavy atom. The van der Waals surface area contributed by atoms with Gasteiger partial charge in [-0.05, 0) is 45.9 Å². The summed E-state index contributed by atoms with van der Waals surface area (Å²) in [7, 11) is 0. The first kappa shape index (κ1) is 12.4. The molecule has 2 N–H and O–H groups in total. The van der Waals surface area contributed by atoms with Crippen LogP contribution in [0.1, 0.15) is 26.5 Å². The molecule has 0 aliphatic heterocycles. The van der Waals surface area contributed by atoms with Crippen molar-refractivity contribution in [3.8, 4) is 0 Å². The third kappa shape index (κ3) is 2.03. The largest absolute Gasteiger partial charge is 0.465 e. The van der Waals surface area contributed by atoms with Crippen LogP contribution in [0, 0.1) is 6.92 Å². The fraction of sp³-hybridized carbons (Fsp3) is 0.385.